The fourth-order valence-electron chi connectivity index (χ4n) is 2.58. The predicted octanol–water partition coefficient (Wildman–Crippen LogP) is 1.06. The number of carbonyl (C=O) groups excluding carboxylic acids is 1. The van der Waals surface area contributed by atoms with Crippen molar-refractivity contribution < 1.29 is 27.9 Å². The Bertz CT molecular complexity index is 741. The van der Waals surface area contributed by atoms with Crippen LogP contribution >= 0.6 is 0 Å². The molecule has 0 unspecified atom stereocenters. The maximum absolute atomic E-state index is 12.5. The number of hydrogen-bond donors (Lipinski definition) is 3. The first-order valence-corrected chi connectivity index (χ1v) is 9.64. The molecule has 0 radical (unpaired) electrons. The van der Waals surface area contributed by atoms with Gasteiger partial charge in [0.2, 0.25) is 10.0 Å². The molecule has 1 amide bonds. The average Bonchev–Trinajstić information content (AvgIpc) is 2.60. The summed E-state index contributed by atoms with van der Waals surface area (Å²) in [7, 11) is -3.53. The zero-order chi connectivity index (χ0) is 18.5. The van der Waals surface area contributed by atoms with Crippen LogP contribution in [0.25, 0.3) is 0 Å². The van der Waals surface area contributed by atoms with Crippen molar-refractivity contribution in [3.05, 3.63) is 29.8 Å². The topological polar surface area (TPSA) is 122 Å². The van der Waals surface area contributed by atoms with E-state index in [9.17, 15) is 23.1 Å². The molecular formula is C16H22N2O6S. The van der Waals surface area contributed by atoms with E-state index in [0.29, 0.717) is 26.1 Å². The van der Waals surface area contributed by atoms with Gasteiger partial charge in [0.1, 0.15) is 0 Å². The molecule has 0 aromatic heterocycles. The first kappa shape index (κ1) is 19.2. The molecule has 1 fully saturated rings. The molecular weight excluding hydrogens is 348 g/mol. The Labute approximate surface area is 146 Å². The Morgan fingerprint density at radius 3 is 2.48 bits per heavy atom. The fraction of sp³-hybridized carbons (Fsp3) is 0.500. The molecule has 1 aliphatic rings. The fourth-order valence-corrected chi connectivity index (χ4v) is 3.24. The lowest BCUT2D eigenvalue weighted by atomic mass is 9.80. The number of carboxylic acid groups (broad SMARTS) is 1. The first-order valence-electron chi connectivity index (χ1n) is 7.98. The molecule has 1 heterocycles. The molecule has 2 rings (SSSR count). The summed E-state index contributed by atoms with van der Waals surface area (Å²) in [5, 5.41) is 12.1. The normalized spacial score (nSPS) is 16.8. The van der Waals surface area contributed by atoms with Gasteiger partial charge in [-0.15, -0.1) is 0 Å². The molecule has 25 heavy (non-hydrogen) atoms. The van der Waals surface area contributed by atoms with Gasteiger partial charge in [-0.25, -0.2) is 8.42 Å². The maximum Gasteiger partial charge on any atom is 0.311 e. The van der Waals surface area contributed by atoms with Crippen LogP contribution in [0.2, 0.25) is 0 Å². The van der Waals surface area contributed by atoms with E-state index in [1.54, 1.807) is 12.1 Å². The van der Waals surface area contributed by atoms with Crippen LogP contribution in [-0.4, -0.2) is 50.9 Å². The van der Waals surface area contributed by atoms with Crippen molar-refractivity contribution in [3.63, 3.8) is 0 Å². The lowest BCUT2D eigenvalue weighted by Crippen LogP contribution is -2.46. The van der Waals surface area contributed by atoms with E-state index in [-0.39, 0.29) is 23.5 Å². The smallest absolute Gasteiger partial charge is 0.311 e. The van der Waals surface area contributed by atoms with Gasteiger partial charge in [-0.05, 0) is 31.9 Å². The van der Waals surface area contributed by atoms with E-state index >= 15 is 0 Å². The molecule has 0 bridgehead atoms. The minimum Gasteiger partial charge on any atom is -0.481 e. The van der Waals surface area contributed by atoms with E-state index in [4.69, 9.17) is 4.74 Å². The van der Waals surface area contributed by atoms with E-state index in [1.807, 2.05) is 0 Å². The molecule has 0 atom stereocenters. The van der Waals surface area contributed by atoms with Crippen molar-refractivity contribution in [1.82, 2.24) is 5.32 Å². The summed E-state index contributed by atoms with van der Waals surface area (Å²) >= 11 is 0. The van der Waals surface area contributed by atoms with Gasteiger partial charge in [-0.2, -0.15) is 0 Å². The van der Waals surface area contributed by atoms with Crippen molar-refractivity contribution in [2.75, 3.05) is 30.2 Å². The minimum atomic E-state index is -3.53. The van der Waals surface area contributed by atoms with Crippen LogP contribution < -0.4 is 10.0 Å². The Morgan fingerprint density at radius 1 is 1.24 bits per heavy atom. The molecule has 0 saturated carbocycles. The van der Waals surface area contributed by atoms with Gasteiger partial charge in [-0.1, -0.05) is 12.1 Å². The lowest BCUT2D eigenvalue weighted by molar-refractivity contribution is -0.154. The van der Waals surface area contributed by atoms with Crippen LogP contribution in [-0.2, 0) is 19.6 Å². The highest BCUT2D eigenvalue weighted by molar-refractivity contribution is 7.92. The molecule has 1 saturated heterocycles. The molecule has 138 valence electrons. The second kappa shape index (κ2) is 7.83. The van der Waals surface area contributed by atoms with Crippen molar-refractivity contribution in [2.24, 2.45) is 5.41 Å². The molecule has 0 aliphatic carbocycles. The van der Waals surface area contributed by atoms with E-state index in [0.717, 1.165) is 0 Å². The third-order valence-corrected chi connectivity index (χ3v) is 5.60. The first-order chi connectivity index (χ1) is 11.8. The third kappa shape index (κ3) is 4.70. The second-order valence-electron chi connectivity index (χ2n) is 5.93. The van der Waals surface area contributed by atoms with E-state index < -0.39 is 27.3 Å². The molecule has 0 spiro atoms. The minimum absolute atomic E-state index is 0.0423. The number of benzene rings is 1. The largest absolute Gasteiger partial charge is 0.481 e. The molecule has 1 aromatic carbocycles. The van der Waals surface area contributed by atoms with Crippen molar-refractivity contribution >= 4 is 27.6 Å². The zero-order valence-corrected chi connectivity index (χ0v) is 14.8. The predicted molar refractivity (Wildman–Crippen MR) is 92.0 cm³/mol. The van der Waals surface area contributed by atoms with Crippen LogP contribution in [0.15, 0.2) is 24.3 Å². The number of anilines is 1. The monoisotopic (exact) mass is 370 g/mol. The number of para-hydroxylation sites is 1. The Morgan fingerprint density at radius 2 is 1.88 bits per heavy atom. The van der Waals surface area contributed by atoms with Gasteiger partial charge >= 0.3 is 5.97 Å². The molecule has 3 N–H and O–H groups in total. The van der Waals surface area contributed by atoms with Crippen molar-refractivity contribution in [2.45, 2.75) is 19.8 Å². The maximum atomic E-state index is 12.5. The highest BCUT2D eigenvalue weighted by Gasteiger charge is 2.40. The molecule has 8 nitrogen and oxygen atoms in total. The number of rotatable bonds is 7. The van der Waals surface area contributed by atoms with Crippen LogP contribution in [0.4, 0.5) is 5.69 Å². The molecule has 1 aliphatic heterocycles. The summed E-state index contributed by atoms with van der Waals surface area (Å²) in [5.74, 6) is -1.62. The van der Waals surface area contributed by atoms with E-state index in [2.05, 4.69) is 10.0 Å². The number of nitrogens with one attached hydrogen (secondary N) is 2. The van der Waals surface area contributed by atoms with Crippen LogP contribution in [0.3, 0.4) is 0 Å². The number of aliphatic carboxylic acids is 1. The number of sulfonamides is 1. The van der Waals surface area contributed by atoms with Crippen LogP contribution in [0, 0.1) is 5.41 Å². The van der Waals surface area contributed by atoms with Crippen LogP contribution in [0.5, 0.6) is 0 Å². The average molecular weight is 370 g/mol. The van der Waals surface area contributed by atoms with E-state index in [1.165, 1.54) is 19.1 Å². The van der Waals surface area contributed by atoms with Crippen molar-refractivity contribution in [3.8, 4) is 0 Å². The summed E-state index contributed by atoms with van der Waals surface area (Å²) in [6.07, 6.45) is 0.624. The number of ether oxygens (including phenoxy) is 1. The quantitative estimate of drug-likeness (QED) is 0.660. The summed E-state index contributed by atoms with van der Waals surface area (Å²) in [4.78, 5) is 24.1. The van der Waals surface area contributed by atoms with Gasteiger partial charge in [0.05, 0.1) is 22.4 Å². The Balaban J connectivity index is 2.14. The second-order valence-corrected chi connectivity index (χ2v) is 7.94. The SMILES string of the molecule is CCS(=O)(=O)Nc1ccccc1C(=O)NCC1(C(=O)O)CCOCC1. The summed E-state index contributed by atoms with van der Waals surface area (Å²) < 4.78 is 31.1. The van der Waals surface area contributed by atoms with Gasteiger partial charge in [-0.3, -0.25) is 14.3 Å². The number of carbonyl (C=O) groups is 2. The summed E-state index contributed by atoms with van der Waals surface area (Å²) in [6.45, 7) is 2.11. The molecule has 9 heteroatoms. The van der Waals surface area contributed by atoms with Gasteiger partial charge < -0.3 is 15.2 Å². The Kier molecular flexibility index (Phi) is 6.02. The molecule has 1 aromatic rings. The highest BCUT2D eigenvalue weighted by Crippen LogP contribution is 2.30. The summed E-state index contributed by atoms with van der Waals surface area (Å²) in [6, 6.07) is 6.20. The standard InChI is InChI=1S/C16H22N2O6S/c1-2-25(22,23)18-13-6-4-3-5-12(13)14(19)17-11-16(15(20)21)7-9-24-10-8-16/h3-6,18H,2,7-11H2,1H3,(H,17,19)(H,20,21). The highest BCUT2D eigenvalue weighted by atomic mass is 32.2. The number of amides is 1. The third-order valence-electron chi connectivity index (χ3n) is 4.31. The van der Waals surface area contributed by atoms with Crippen LogP contribution in [0.1, 0.15) is 30.1 Å². The summed E-state index contributed by atoms with van der Waals surface area (Å²) in [5.41, 5.74) is -0.753. The van der Waals surface area contributed by atoms with Crippen molar-refractivity contribution in [1.29, 1.82) is 0 Å². The number of hydrogen-bond acceptors (Lipinski definition) is 5. The van der Waals surface area contributed by atoms with Gasteiger partial charge in [0.15, 0.2) is 0 Å². The Hall–Kier alpha value is -2.13. The van der Waals surface area contributed by atoms with Gasteiger partial charge in [0, 0.05) is 19.8 Å². The number of carboxylic acids is 1. The lowest BCUT2D eigenvalue weighted by Gasteiger charge is -2.33. The zero-order valence-electron chi connectivity index (χ0n) is 13.9. The van der Waals surface area contributed by atoms with Gasteiger partial charge in [0.25, 0.3) is 5.91 Å².